The first-order valence-corrected chi connectivity index (χ1v) is 8.96. The number of ether oxygens (including phenoxy) is 4. The molecule has 2 atom stereocenters. The van der Waals surface area contributed by atoms with Crippen molar-refractivity contribution in [1.82, 2.24) is 0 Å². The minimum atomic E-state index is -0.166. The molecule has 0 unspecified atom stereocenters. The number of esters is 1. The topological polar surface area (TPSA) is 57.3 Å². The Morgan fingerprint density at radius 3 is 2.84 bits per heavy atom. The molecule has 0 amide bonds. The Morgan fingerprint density at radius 2 is 2.16 bits per heavy atom. The van der Waals surface area contributed by atoms with Gasteiger partial charge in [-0.15, -0.1) is 0 Å². The molecule has 5 nitrogen and oxygen atoms in total. The van der Waals surface area contributed by atoms with Crippen LogP contribution in [-0.2, 0) is 19.0 Å². The van der Waals surface area contributed by atoms with Crippen LogP contribution in [0.2, 0.25) is 0 Å². The Kier molecular flexibility index (Phi) is 7.95. The van der Waals surface area contributed by atoms with Crippen LogP contribution in [0.25, 0.3) is 6.08 Å². The van der Waals surface area contributed by atoms with E-state index in [2.05, 4.69) is 0 Å². The summed E-state index contributed by atoms with van der Waals surface area (Å²) in [4.78, 5) is 11.4. The SMILES string of the molecule is CCOC(=O)CCC=Cc1ccc(OCC)cc1[C@@H](C)OC[C@H]1CO1. The molecule has 0 bridgehead atoms. The molecule has 0 radical (unpaired) electrons. The second-order valence-electron chi connectivity index (χ2n) is 5.90. The second kappa shape index (κ2) is 10.2. The molecule has 138 valence electrons. The maximum atomic E-state index is 11.4. The van der Waals surface area contributed by atoms with Crippen molar-refractivity contribution in [3.63, 3.8) is 0 Å². The fourth-order valence-electron chi connectivity index (χ4n) is 2.46. The highest BCUT2D eigenvalue weighted by atomic mass is 16.6. The number of benzene rings is 1. The highest BCUT2D eigenvalue weighted by Gasteiger charge is 2.24. The maximum Gasteiger partial charge on any atom is 0.306 e. The quantitative estimate of drug-likeness (QED) is 0.448. The molecule has 1 heterocycles. The fraction of sp³-hybridized carbons (Fsp3) is 0.550. The van der Waals surface area contributed by atoms with Gasteiger partial charge in [-0.25, -0.2) is 0 Å². The average Bonchev–Trinajstić information content (AvgIpc) is 3.42. The molecular weight excluding hydrogens is 320 g/mol. The Morgan fingerprint density at radius 1 is 1.36 bits per heavy atom. The molecule has 1 fully saturated rings. The zero-order valence-electron chi connectivity index (χ0n) is 15.3. The van der Waals surface area contributed by atoms with Crippen molar-refractivity contribution in [2.75, 3.05) is 26.4 Å². The van der Waals surface area contributed by atoms with E-state index in [-0.39, 0.29) is 18.2 Å². The molecule has 1 aliphatic heterocycles. The third-order valence-corrected chi connectivity index (χ3v) is 3.86. The van der Waals surface area contributed by atoms with Gasteiger partial charge >= 0.3 is 5.97 Å². The van der Waals surface area contributed by atoms with Gasteiger partial charge in [0.1, 0.15) is 11.9 Å². The van der Waals surface area contributed by atoms with Crippen LogP contribution < -0.4 is 4.74 Å². The molecule has 1 saturated heterocycles. The van der Waals surface area contributed by atoms with E-state index in [9.17, 15) is 4.79 Å². The van der Waals surface area contributed by atoms with E-state index in [1.165, 1.54) is 0 Å². The molecular formula is C20H28O5. The van der Waals surface area contributed by atoms with Crippen LogP contribution in [0.15, 0.2) is 24.3 Å². The van der Waals surface area contributed by atoms with Crippen molar-refractivity contribution in [2.45, 2.75) is 45.8 Å². The third kappa shape index (κ3) is 6.88. The van der Waals surface area contributed by atoms with Crippen molar-refractivity contribution < 1.29 is 23.7 Å². The Hall–Kier alpha value is -1.85. The highest BCUT2D eigenvalue weighted by molar-refractivity contribution is 5.69. The van der Waals surface area contributed by atoms with Gasteiger partial charge in [0.25, 0.3) is 0 Å². The Labute approximate surface area is 149 Å². The Balaban J connectivity index is 2.01. The summed E-state index contributed by atoms with van der Waals surface area (Å²) in [5, 5.41) is 0. The van der Waals surface area contributed by atoms with E-state index in [4.69, 9.17) is 18.9 Å². The fourth-order valence-corrected chi connectivity index (χ4v) is 2.46. The summed E-state index contributed by atoms with van der Waals surface area (Å²) in [6.45, 7) is 8.24. The van der Waals surface area contributed by atoms with Gasteiger partial charge in [-0.3, -0.25) is 4.79 Å². The lowest BCUT2D eigenvalue weighted by molar-refractivity contribution is -0.142. The van der Waals surface area contributed by atoms with Crippen molar-refractivity contribution in [3.8, 4) is 5.75 Å². The number of allylic oxidation sites excluding steroid dienone is 1. The van der Waals surface area contributed by atoms with Crippen LogP contribution >= 0.6 is 0 Å². The predicted molar refractivity (Wildman–Crippen MR) is 96.6 cm³/mol. The summed E-state index contributed by atoms with van der Waals surface area (Å²) in [7, 11) is 0. The van der Waals surface area contributed by atoms with Gasteiger partial charge in [0.05, 0.1) is 32.5 Å². The minimum Gasteiger partial charge on any atom is -0.494 e. The molecule has 25 heavy (non-hydrogen) atoms. The van der Waals surface area contributed by atoms with Crippen molar-refractivity contribution in [3.05, 3.63) is 35.4 Å². The summed E-state index contributed by atoms with van der Waals surface area (Å²) in [5.74, 6) is 0.666. The van der Waals surface area contributed by atoms with E-state index < -0.39 is 0 Å². The molecule has 0 saturated carbocycles. The van der Waals surface area contributed by atoms with Crippen LogP contribution in [0, 0.1) is 0 Å². The average molecular weight is 348 g/mol. The summed E-state index contributed by atoms with van der Waals surface area (Å²) in [5.41, 5.74) is 2.13. The Bertz CT molecular complexity index is 577. The number of hydrogen-bond donors (Lipinski definition) is 0. The van der Waals surface area contributed by atoms with Crippen molar-refractivity contribution in [2.24, 2.45) is 0 Å². The van der Waals surface area contributed by atoms with E-state index in [0.717, 1.165) is 23.5 Å². The summed E-state index contributed by atoms with van der Waals surface area (Å²) in [6, 6.07) is 6.00. The van der Waals surface area contributed by atoms with Crippen LogP contribution in [0.5, 0.6) is 5.75 Å². The number of carbonyl (C=O) groups excluding carboxylic acids is 1. The first kappa shape index (κ1) is 19.5. The van der Waals surface area contributed by atoms with Crippen molar-refractivity contribution >= 4 is 12.0 Å². The van der Waals surface area contributed by atoms with Crippen LogP contribution in [-0.4, -0.2) is 38.5 Å². The van der Waals surface area contributed by atoms with E-state index >= 15 is 0 Å². The van der Waals surface area contributed by atoms with Crippen molar-refractivity contribution in [1.29, 1.82) is 0 Å². The molecule has 1 aromatic rings. The predicted octanol–water partition coefficient (Wildman–Crippen LogP) is 3.92. The number of rotatable bonds is 11. The number of epoxide rings is 1. The van der Waals surface area contributed by atoms with Gasteiger partial charge in [-0.2, -0.15) is 0 Å². The molecule has 0 N–H and O–H groups in total. The zero-order valence-corrected chi connectivity index (χ0v) is 15.3. The highest BCUT2D eigenvalue weighted by Crippen LogP contribution is 2.28. The van der Waals surface area contributed by atoms with E-state index in [1.807, 2.05) is 51.1 Å². The molecule has 0 aromatic heterocycles. The molecule has 0 aliphatic carbocycles. The molecule has 2 rings (SSSR count). The van der Waals surface area contributed by atoms with Crippen LogP contribution in [0.1, 0.15) is 50.8 Å². The lowest BCUT2D eigenvalue weighted by Crippen LogP contribution is -2.08. The monoisotopic (exact) mass is 348 g/mol. The van der Waals surface area contributed by atoms with Gasteiger partial charge in [0.2, 0.25) is 0 Å². The van der Waals surface area contributed by atoms with E-state index in [0.29, 0.717) is 32.7 Å². The van der Waals surface area contributed by atoms with E-state index in [1.54, 1.807) is 0 Å². The minimum absolute atomic E-state index is 0.0608. The lowest BCUT2D eigenvalue weighted by Gasteiger charge is -2.17. The normalized spacial score (nSPS) is 17.5. The summed E-state index contributed by atoms with van der Waals surface area (Å²) in [6.07, 6.45) is 5.23. The van der Waals surface area contributed by atoms with Gasteiger partial charge in [-0.05, 0) is 50.5 Å². The standard InChI is InChI=1S/C20H28O5/c1-4-22-17-11-10-16(8-6-7-9-20(21)23-5-2)19(12-17)15(3)24-13-18-14-25-18/h6,8,10-12,15,18H,4-5,7,9,13-14H2,1-3H3/t15-,18+/m1/s1. The smallest absolute Gasteiger partial charge is 0.306 e. The molecule has 0 spiro atoms. The first-order valence-electron chi connectivity index (χ1n) is 8.96. The van der Waals surface area contributed by atoms with Gasteiger partial charge in [0.15, 0.2) is 0 Å². The molecule has 5 heteroatoms. The number of carbonyl (C=O) groups is 1. The lowest BCUT2D eigenvalue weighted by atomic mass is 10.0. The number of hydrogen-bond acceptors (Lipinski definition) is 5. The largest absolute Gasteiger partial charge is 0.494 e. The van der Waals surface area contributed by atoms with Crippen LogP contribution in [0.3, 0.4) is 0 Å². The summed E-state index contributed by atoms with van der Waals surface area (Å²) < 4.78 is 21.7. The third-order valence-electron chi connectivity index (χ3n) is 3.86. The van der Waals surface area contributed by atoms with Gasteiger partial charge < -0.3 is 18.9 Å². The van der Waals surface area contributed by atoms with Gasteiger partial charge in [0, 0.05) is 6.42 Å². The summed E-state index contributed by atoms with van der Waals surface area (Å²) >= 11 is 0. The second-order valence-corrected chi connectivity index (χ2v) is 5.90. The maximum absolute atomic E-state index is 11.4. The molecule has 1 aliphatic rings. The molecule has 1 aromatic carbocycles. The van der Waals surface area contributed by atoms with Crippen LogP contribution in [0.4, 0.5) is 0 Å². The van der Waals surface area contributed by atoms with Gasteiger partial charge in [-0.1, -0.05) is 18.2 Å². The first-order chi connectivity index (χ1) is 12.1. The zero-order chi connectivity index (χ0) is 18.1.